The lowest BCUT2D eigenvalue weighted by atomic mass is 9.92. The number of hydrogen-bond acceptors (Lipinski definition) is 4. The zero-order valence-electron chi connectivity index (χ0n) is 15.0. The van der Waals surface area contributed by atoms with Crippen molar-refractivity contribution in [2.75, 3.05) is 34.3 Å². The molecule has 5 heteroatoms. The molecule has 1 aromatic carbocycles. The maximum absolute atomic E-state index is 12.6. The fourth-order valence-corrected chi connectivity index (χ4v) is 2.90. The van der Waals surface area contributed by atoms with E-state index in [0.29, 0.717) is 6.54 Å². The first-order chi connectivity index (χ1) is 10.7. The van der Waals surface area contributed by atoms with Gasteiger partial charge in [-0.05, 0) is 64.5 Å². The van der Waals surface area contributed by atoms with Crippen LogP contribution in [0, 0.1) is 0 Å². The average Bonchev–Trinajstić information content (AvgIpc) is 2.44. The molecule has 5 nitrogen and oxygen atoms in total. The number of benzene rings is 1. The second kappa shape index (κ2) is 6.79. The minimum atomic E-state index is -0.486. The van der Waals surface area contributed by atoms with Gasteiger partial charge in [-0.25, -0.2) is 4.79 Å². The third-order valence-electron chi connectivity index (χ3n) is 3.87. The van der Waals surface area contributed by atoms with Gasteiger partial charge in [0.1, 0.15) is 11.4 Å². The third kappa shape index (κ3) is 4.38. The van der Waals surface area contributed by atoms with E-state index in [1.54, 1.807) is 7.11 Å². The Morgan fingerprint density at radius 1 is 1.35 bits per heavy atom. The molecule has 0 fully saturated rings. The summed E-state index contributed by atoms with van der Waals surface area (Å²) in [4.78, 5) is 16.5. The Morgan fingerprint density at radius 3 is 2.61 bits per heavy atom. The van der Waals surface area contributed by atoms with Crippen LogP contribution in [0.1, 0.15) is 37.9 Å². The number of carbonyl (C=O) groups is 1. The van der Waals surface area contributed by atoms with E-state index in [4.69, 9.17) is 9.47 Å². The normalized spacial score (nSPS) is 17.9. The van der Waals surface area contributed by atoms with Crippen molar-refractivity contribution in [3.63, 3.8) is 0 Å². The topological polar surface area (TPSA) is 42.0 Å². The molecule has 1 aliphatic heterocycles. The molecule has 1 heterocycles. The van der Waals surface area contributed by atoms with Gasteiger partial charge < -0.3 is 14.4 Å². The largest absolute Gasteiger partial charge is 0.497 e. The quantitative estimate of drug-likeness (QED) is 0.858. The van der Waals surface area contributed by atoms with E-state index in [1.807, 2.05) is 45.8 Å². The molecule has 2 rings (SSSR count). The standard InChI is InChI=1S/C18H28N2O3/c1-18(2,3)23-17(21)20-10-9-13-11-14(22-6)7-8-15(13)16(20)12-19(4)5/h7-8,11,16H,9-10,12H2,1-6H3. The molecule has 1 unspecified atom stereocenters. The Hall–Kier alpha value is -1.75. The Bertz CT molecular complexity index is 564. The van der Waals surface area contributed by atoms with Crippen LogP contribution in [0.25, 0.3) is 0 Å². The molecule has 0 saturated carbocycles. The summed E-state index contributed by atoms with van der Waals surface area (Å²) in [6.45, 7) is 7.12. The van der Waals surface area contributed by atoms with Gasteiger partial charge in [-0.1, -0.05) is 6.07 Å². The number of hydrogen-bond donors (Lipinski definition) is 0. The van der Waals surface area contributed by atoms with Crippen LogP contribution in [-0.4, -0.2) is 55.8 Å². The number of rotatable bonds is 3. The fourth-order valence-electron chi connectivity index (χ4n) is 2.90. The fraction of sp³-hybridized carbons (Fsp3) is 0.611. The molecule has 0 aromatic heterocycles. The van der Waals surface area contributed by atoms with Crippen LogP contribution in [0.4, 0.5) is 4.79 Å². The first kappa shape index (κ1) is 17.6. The van der Waals surface area contributed by atoms with E-state index in [-0.39, 0.29) is 12.1 Å². The van der Waals surface area contributed by atoms with Crippen LogP contribution >= 0.6 is 0 Å². The van der Waals surface area contributed by atoms with Crippen molar-refractivity contribution < 1.29 is 14.3 Å². The molecule has 0 bridgehead atoms. The molecule has 0 spiro atoms. The Balaban J connectivity index is 2.31. The number of ether oxygens (including phenoxy) is 2. The molecule has 0 N–H and O–H groups in total. The summed E-state index contributed by atoms with van der Waals surface area (Å²) in [5.41, 5.74) is 1.94. The number of likely N-dealkylation sites (N-methyl/N-ethyl adjacent to an activating group) is 1. The molecule has 128 valence electrons. The summed E-state index contributed by atoms with van der Waals surface area (Å²) in [5.74, 6) is 0.859. The van der Waals surface area contributed by atoms with Crippen LogP contribution in [0.2, 0.25) is 0 Å². The number of carbonyl (C=O) groups excluding carboxylic acids is 1. The molecule has 23 heavy (non-hydrogen) atoms. The van der Waals surface area contributed by atoms with Crippen molar-refractivity contribution in [2.45, 2.75) is 38.8 Å². The molecule has 0 radical (unpaired) electrons. The molecule has 1 atom stereocenters. The van der Waals surface area contributed by atoms with Crippen molar-refractivity contribution in [1.82, 2.24) is 9.80 Å². The van der Waals surface area contributed by atoms with Crippen molar-refractivity contribution in [2.24, 2.45) is 0 Å². The van der Waals surface area contributed by atoms with Gasteiger partial charge in [0.2, 0.25) is 0 Å². The third-order valence-corrected chi connectivity index (χ3v) is 3.87. The summed E-state index contributed by atoms with van der Waals surface area (Å²) >= 11 is 0. The molecule has 0 saturated heterocycles. The van der Waals surface area contributed by atoms with Gasteiger partial charge in [0.25, 0.3) is 0 Å². The SMILES string of the molecule is COc1ccc2c(c1)CCN(C(=O)OC(C)(C)C)C2CN(C)C. The van der Waals surface area contributed by atoms with Gasteiger partial charge in [0, 0.05) is 13.1 Å². The van der Waals surface area contributed by atoms with Gasteiger partial charge >= 0.3 is 6.09 Å². The number of amides is 1. The minimum absolute atomic E-state index is 0.00509. The van der Waals surface area contributed by atoms with E-state index in [1.165, 1.54) is 11.1 Å². The second-order valence-electron chi connectivity index (χ2n) is 7.27. The van der Waals surface area contributed by atoms with Gasteiger partial charge in [0.05, 0.1) is 13.2 Å². The van der Waals surface area contributed by atoms with Crippen molar-refractivity contribution >= 4 is 6.09 Å². The lowest BCUT2D eigenvalue weighted by molar-refractivity contribution is 0.0115. The average molecular weight is 320 g/mol. The Labute approximate surface area is 139 Å². The van der Waals surface area contributed by atoms with Crippen LogP contribution in [0.3, 0.4) is 0 Å². The van der Waals surface area contributed by atoms with Crippen molar-refractivity contribution in [3.05, 3.63) is 29.3 Å². The predicted octanol–water partition coefficient (Wildman–Crippen LogP) is 3.09. The highest BCUT2D eigenvalue weighted by atomic mass is 16.6. The summed E-state index contributed by atoms with van der Waals surface area (Å²) < 4.78 is 10.9. The van der Waals surface area contributed by atoms with E-state index < -0.39 is 5.60 Å². The first-order valence-electron chi connectivity index (χ1n) is 8.02. The highest BCUT2D eigenvalue weighted by Gasteiger charge is 2.34. The van der Waals surface area contributed by atoms with Crippen molar-refractivity contribution in [1.29, 1.82) is 0 Å². The van der Waals surface area contributed by atoms with Gasteiger partial charge in [-0.2, -0.15) is 0 Å². The lowest BCUT2D eigenvalue weighted by Gasteiger charge is -2.39. The highest BCUT2D eigenvalue weighted by molar-refractivity contribution is 5.69. The molecule has 1 aromatic rings. The smallest absolute Gasteiger partial charge is 0.410 e. The number of nitrogens with zero attached hydrogens (tertiary/aromatic N) is 2. The van der Waals surface area contributed by atoms with E-state index in [2.05, 4.69) is 17.0 Å². The molecule has 1 amide bonds. The van der Waals surface area contributed by atoms with E-state index in [0.717, 1.165) is 18.7 Å². The van der Waals surface area contributed by atoms with Crippen LogP contribution in [0.15, 0.2) is 18.2 Å². The van der Waals surface area contributed by atoms with Gasteiger partial charge in [0.15, 0.2) is 0 Å². The highest BCUT2D eigenvalue weighted by Crippen LogP contribution is 2.33. The minimum Gasteiger partial charge on any atom is -0.497 e. The first-order valence-corrected chi connectivity index (χ1v) is 8.02. The van der Waals surface area contributed by atoms with Gasteiger partial charge in [-0.15, -0.1) is 0 Å². The van der Waals surface area contributed by atoms with Crippen LogP contribution in [-0.2, 0) is 11.2 Å². The predicted molar refractivity (Wildman–Crippen MR) is 90.9 cm³/mol. The van der Waals surface area contributed by atoms with Crippen molar-refractivity contribution in [3.8, 4) is 5.75 Å². The zero-order valence-corrected chi connectivity index (χ0v) is 15.0. The maximum Gasteiger partial charge on any atom is 0.410 e. The Morgan fingerprint density at radius 2 is 2.04 bits per heavy atom. The van der Waals surface area contributed by atoms with Crippen LogP contribution in [0.5, 0.6) is 5.75 Å². The van der Waals surface area contributed by atoms with E-state index >= 15 is 0 Å². The van der Waals surface area contributed by atoms with E-state index in [9.17, 15) is 4.79 Å². The second-order valence-corrected chi connectivity index (χ2v) is 7.27. The summed E-state index contributed by atoms with van der Waals surface area (Å²) in [6, 6.07) is 6.10. The summed E-state index contributed by atoms with van der Waals surface area (Å²) in [5, 5.41) is 0. The zero-order chi connectivity index (χ0) is 17.2. The Kier molecular flexibility index (Phi) is 5.19. The molecule has 1 aliphatic rings. The molecular formula is C18H28N2O3. The molecule has 0 aliphatic carbocycles. The number of methoxy groups -OCH3 is 1. The summed E-state index contributed by atoms with van der Waals surface area (Å²) in [6.07, 6.45) is 0.571. The van der Waals surface area contributed by atoms with Gasteiger partial charge in [-0.3, -0.25) is 4.90 Å². The monoisotopic (exact) mass is 320 g/mol. The maximum atomic E-state index is 12.6. The summed E-state index contributed by atoms with van der Waals surface area (Å²) in [7, 11) is 5.71. The molecular weight excluding hydrogens is 292 g/mol. The van der Waals surface area contributed by atoms with Crippen LogP contribution < -0.4 is 4.74 Å². The number of fused-ring (bicyclic) bond motifs is 1. The lowest BCUT2D eigenvalue weighted by Crippen LogP contribution is -2.46.